The fourth-order valence-electron chi connectivity index (χ4n) is 11.4. The highest BCUT2D eigenvalue weighted by molar-refractivity contribution is 6.13. The molecule has 4 aromatic rings. The van der Waals surface area contributed by atoms with Crippen LogP contribution < -0.4 is 47.9 Å². The van der Waals surface area contributed by atoms with Crippen molar-refractivity contribution in [2.24, 2.45) is 0 Å². The first-order chi connectivity index (χ1) is 47.6. The molecular weight excluding hydrogens is 1290 g/mol. The number of aliphatic hydroxyl groups excluding tert-OH is 1. The van der Waals surface area contributed by atoms with Gasteiger partial charge < -0.3 is 77.8 Å². The molecule has 1 aromatic heterocycles. The van der Waals surface area contributed by atoms with Crippen molar-refractivity contribution in [2.45, 2.75) is 165 Å². The van der Waals surface area contributed by atoms with E-state index in [0.717, 1.165) is 39.0 Å². The van der Waals surface area contributed by atoms with Crippen LogP contribution in [0.1, 0.15) is 109 Å². The molecule has 3 aromatic carbocycles. The predicted molar refractivity (Wildman–Crippen MR) is 363 cm³/mol. The Morgan fingerprint density at radius 1 is 0.620 bits per heavy atom. The lowest BCUT2D eigenvalue weighted by atomic mass is 9.99. The van der Waals surface area contributed by atoms with Gasteiger partial charge in [0.15, 0.2) is 5.72 Å². The smallest absolute Gasteiger partial charge is 0.407 e. The number of phenolic OH excluding ortho intramolecular Hbond substituents is 1. The fraction of sp³-hybridized carbons (Fsp3) is 0.471. The number of aromatic nitrogens is 1. The van der Waals surface area contributed by atoms with Crippen LogP contribution in [0.4, 0.5) is 4.79 Å². The standard InChI is InChI=1S/C70H91N13O17/c1-43(84)70(99)42-75-54(39-44-16-8-6-9-17-44)67(97)81(5)55(26-28-57(87)76-51(62(92)72-35-15-37-83-60(90)31-32-61(83)91)25-27-56(86)71-34-14-36-82-58(88)29-30-59(82)89)66(96)79-52(38-45-21-23-47(85)24-22-45)63(93)78-53(40-46-41-74-49-19-12-11-18-48(46)49)64(94)77-50(65(95)80-70)20-10-7-13-33-73-68(98)100-69(2,3)4/h6,8-9,11-12,16-19,21-24,29-32,41,43,50-55,74-75,84-85,99H,7,10,13-15,20,25-28,33-40,42H2,1-5H3,(H,71,86)(H,72,92)(H,73,98)(H,76,87)(H,77,94)(H,78,93)(H,79,96)(H,80,95)/t43-,50+,51+,52+,53-,54+,55+,70?/m1/s1. The van der Waals surface area contributed by atoms with E-state index in [9.17, 15) is 58.5 Å². The van der Waals surface area contributed by atoms with Gasteiger partial charge in [0.05, 0.1) is 12.1 Å². The highest BCUT2D eigenvalue weighted by atomic mass is 16.6. The number of carbonyl (C=O) groups is 13. The molecule has 3 aliphatic rings. The van der Waals surface area contributed by atoms with Crippen LogP contribution >= 0.6 is 0 Å². The first-order valence-corrected chi connectivity index (χ1v) is 33.5. The highest BCUT2D eigenvalue weighted by Gasteiger charge is 2.41. The predicted octanol–water partition coefficient (Wildman–Crippen LogP) is 0.333. The summed E-state index contributed by atoms with van der Waals surface area (Å²) in [5, 5.41) is 59.2. The summed E-state index contributed by atoms with van der Waals surface area (Å²) in [6.07, 6.45) is 2.76. The number of aromatic amines is 1. The number of amides is 13. The number of ether oxygens (including phenoxy) is 1. The van der Waals surface area contributed by atoms with Crippen LogP contribution in [0.15, 0.2) is 109 Å². The van der Waals surface area contributed by atoms with Crippen molar-refractivity contribution in [1.29, 1.82) is 0 Å². The van der Waals surface area contributed by atoms with Crippen LogP contribution in [-0.2, 0) is 81.5 Å². The molecule has 100 heavy (non-hydrogen) atoms. The molecule has 0 spiro atoms. The van der Waals surface area contributed by atoms with Crippen LogP contribution in [0.2, 0.25) is 0 Å². The number of likely N-dealkylation sites (N-methyl/N-ethyl adjacent to an activating group) is 1. The number of benzene rings is 3. The number of fused-ring (bicyclic) bond motifs is 1. The minimum Gasteiger partial charge on any atom is -0.508 e. The number of hydrogen-bond acceptors (Lipinski definition) is 18. The van der Waals surface area contributed by atoms with Gasteiger partial charge in [0.2, 0.25) is 47.3 Å². The van der Waals surface area contributed by atoms with E-state index < -0.39 is 150 Å². The molecule has 1 fully saturated rings. The van der Waals surface area contributed by atoms with Gasteiger partial charge in [-0.1, -0.05) is 73.5 Å². The van der Waals surface area contributed by atoms with Gasteiger partial charge in [-0.25, -0.2) is 4.79 Å². The molecule has 7 rings (SSSR count). The molecule has 13 N–H and O–H groups in total. The van der Waals surface area contributed by atoms with E-state index in [-0.39, 0.29) is 96.3 Å². The van der Waals surface area contributed by atoms with Gasteiger partial charge in [-0.3, -0.25) is 67.3 Å². The molecule has 13 amide bonds. The number of carbonyl (C=O) groups excluding carboxylic acids is 13. The second-order valence-electron chi connectivity index (χ2n) is 25.9. The lowest BCUT2D eigenvalue weighted by Crippen LogP contribution is -2.67. The molecule has 538 valence electrons. The fourth-order valence-corrected chi connectivity index (χ4v) is 11.4. The molecule has 30 nitrogen and oxygen atoms in total. The van der Waals surface area contributed by atoms with E-state index in [1.807, 2.05) is 0 Å². The third kappa shape index (κ3) is 23.1. The summed E-state index contributed by atoms with van der Waals surface area (Å²) in [5.41, 5.74) is -1.08. The maximum absolute atomic E-state index is 15.4. The zero-order valence-corrected chi connectivity index (χ0v) is 56.8. The molecule has 1 saturated heterocycles. The van der Waals surface area contributed by atoms with Gasteiger partial charge in [-0.05, 0) is 108 Å². The monoisotopic (exact) mass is 1390 g/mol. The summed E-state index contributed by atoms with van der Waals surface area (Å²) in [4.78, 5) is 185. The highest BCUT2D eigenvalue weighted by Crippen LogP contribution is 2.22. The minimum atomic E-state index is -2.58. The third-order valence-electron chi connectivity index (χ3n) is 17.1. The number of rotatable bonds is 29. The number of hydrogen-bond donors (Lipinski definition) is 13. The molecule has 1 unspecified atom stereocenters. The van der Waals surface area contributed by atoms with Crippen molar-refractivity contribution in [3.63, 3.8) is 0 Å². The number of H-pyrrole nitrogens is 1. The van der Waals surface area contributed by atoms with E-state index in [2.05, 4.69) is 52.8 Å². The first-order valence-electron chi connectivity index (χ1n) is 33.5. The van der Waals surface area contributed by atoms with Gasteiger partial charge in [-0.2, -0.15) is 0 Å². The topological polar surface area (TPSA) is 426 Å². The normalized spacial score (nSPS) is 21.0. The number of nitrogens with zero attached hydrogens (tertiary/aromatic N) is 3. The Kier molecular flexibility index (Phi) is 28.1. The average molecular weight is 1390 g/mol. The molecule has 0 saturated carbocycles. The molecule has 8 atom stereocenters. The Hall–Kier alpha value is -10.3. The van der Waals surface area contributed by atoms with Crippen LogP contribution in [-0.4, -0.2) is 212 Å². The maximum atomic E-state index is 15.4. The minimum absolute atomic E-state index is 0.0217. The Bertz CT molecular complexity index is 3630. The van der Waals surface area contributed by atoms with Crippen LogP contribution in [0.25, 0.3) is 10.9 Å². The van der Waals surface area contributed by atoms with E-state index in [4.69, 9.17) is 4.74 Å². The van der Waals surface area contributed by atoms with E-state index in [1.165, 1.54) is 38.2 Å². The quantitative estimate of drug-likeness (QED) is 0.0257. The molecular formula is C70H91N13O17. The number of nitrogens with one attached hydrogen (secondary N) is 10. The third-order valence-corrected chi connectivity index (χ3v) is 17.1. The molecule has 4 heterocycles. The summed E-state index contributed by atoms with van der Waals surface area (Å²) < 4.78 is 5.34. The lowest BCUT2D eigenvalue weighted by Gasteiger charge is -2.37. The van der Waals surface area contributed by atoms with Crippen molar-refractivity contribution in [3.8, 4) is 5.75 Å². The van der Waals surface area contributed by atoms with Crippen LogP contribution in [0.5, 0.6) is 5.75 Å². The van der Waals surface area contributed by atoms with Crippen LogP contribution in [0, 0.1) is 0 Å². The largest absolute Gasteiger partial charge is 0.508 e. The SMILES string of the molecule is C[C@@H](O)C1(O)CN[C@@H](Cc2ccccc2)C(=O)N(C)[C@@H](CCC(=O)N[C@@H](CCC(=O)NCCCN2C(=O)C=CC2=O)C(=O)NCCCN2C(=O)C=CC2=O)C(=O)N[C@@H](Cc2ccc(O)cc2)C(=O)N[C@H](Cc2c[nH]c3ccccc23)C(=O)N[C@@H](CCCCCNC(=O)OC(C)(C)C)C(=O)N1. The zero-order chi connectivity index (χ0) is 72.7. The molecule has 0 aliphatic carbocycles. The molecule has 0 radical (unpaired) electrons. The summed E-state index contributed by atoms with van der Waals surface area (Å²) in [6, 6.07) is 12.5. The number of aliphatic hydroxyl groups is 2. The molecule has 30 heteroatoms. The molecule has 3 aliphatic heterocycles. The number of unbranched alkanes of at least 4 members (excludes halogenated alkanes) is 2. The van der Waals surface area contributed by atoms with Gasteiger partial charge in [-0.15, -0.1) is 0 Å². The molecule has 0 bridgehead atoms. The van der Waals surface area contributed by atoms with Crippen molar-refractivity contribution in [1.82, 2.24) is 67.5 Å². The number of para-hydroxylation sites is 1. The Balaban J connectivity index is 1.20. The van der Waals surface area contributed by atoms with Crippen molar-refractivity contribution < 1.29 is 82.4 Å². The average Bonchev–Trinajstić information content (AvgIpc) is 1.74. The second-order valence-corrected chi connectivity index (χ2v) is 25.9. The number of β-amino-alcohol motifs (C(OH)–C–C–N with tert-alkyl or cyclic N) is 1. The van der Waals surface area contributed by atoms with Gasteiger partial charge in [0.1, 0.15) is 41.6 Å². The van der Waals surface area contributed by atoms with Crippen LogP contribution in [0.3, 0.4) is 0 Å². The number of phenols is 1. The Morgan fingerprint density at radius 2 is 1.18 bits per heavy atom. The van der Waals surface area contributed by atoms with E-state index in [1.54, 1.807) is 81.6 Å². The summed E-state index contributed by atoms with van der Waals surface area (Å²) >= 11 is 0. The second kappa shape index (κ2) is 36.5. The van der Waals surface area contributed by atoms with Gasteiger partial charge >= 0.3 is 6.09 Å². The summed E-state index contributed by atoms with van der Waals surface area (Å²) in [6.45, 7) is 5.78. The Morgan fingerprint density at radius 3 is 1.81 bits per heavy atom. The maximum Gasteiger partial charge on any atom is 0.407 e. The number of aromatic hydroxyl groups is 1. The number of alkyl carbamates (subject to hydrolysis) is 1. The van der Waals surface area contributed by atoms with E-state index in [0.29, 0.717) is 40.4 Å². The zero-order valence-electron chi connectivity index (χ0n) is 56.8. The first kappa shape index (κ1) is 77.0. The van der Waals surface area contributed by atoms with E-state index >= 15 is 19.2 Å². The van der Waals surface area contributed by atoms with Crippen molar-refractivity contribution in [2.75, 3.05) is 46.3 Å². The lowest BCUT2D eigenvalue weighted by molar-refractivity contribution is -0.146. The summed E-state index contributed by atoms with van der Waals surface area (Å²) in [5.74, 6) is -8.92. The van der Waals surface area contributed by atoms with Crippen molar-refractivity contribution in [3.05, 3.63) is 126 Å². The Labute approximate surface area is 578 Å². The van der Waals surface area contributed by atoms with Crippen molar-refractivity contribution >= 4 is 87.9 Å². The van der Waals surface area contributed by atoms with Gasteiger partial charge in [0.25, 0.3) is 23.6 Å². The van der Waals surface area contributed by atoms with Gasteiger partial charge in [0, 0.05) is 113 Å². The summed E-state index contributed by atoms with van der Waals surface area (Å²) in [7, 11) is 1.27. The number of imide groups is 2.